The van der Waals surface area contributed by atoms with Crippen LogP contribution in [0.1, 0.15) is 13.3 Å². The molecule has 0 bridgehead atoms. The summed E-state index contributed by atoms with van der Waals surface area (Å²) in [7, 11) is 0. The zero-order valence-corrected chi connectivity index (χ0v) is 12.4. The van der Waals surface area contributed by atoms with Gasteiger partial charge in [-0.1, -0.05) is 28.1 Å². The molecule has 0 aromatic heterocycles. The zero-order valence-electron chi connectivity index (χ0n) is 10.8. The van der Waals surface area contributed by atoms with Gasteiger partial charge in [-0.3, -0.25) is 4.90 Å². The topological polar surface area (TPSA) is 21.7 Å². The van der Waals surface area contributed by atoms with Gasteiger partial charge in [0.25, 0.3) is 0 Å². The fourth-order valence-electron chi connectivity index (χ4n) is 2.12. The van der Waals surface area contributed by atoms with Gasteiger partial charge in [-0.25, -0.2) is 0 Å². The highest BCUT2D eigenvalue weighted by atomic mass is 79.9. The molecule has 1 atom stereocenters. The van der Waals surface area contributed by atoms with Crippen molar-refractivity contribution >= 4 is 15.9 Å². The van der Waals surface area contributed by atoms with Crippen molar-refractivity contribution in [2.45, 2.75) is 18.2 Å². The van der Waals surface area contributed by atoms with E-state index in [2.05, 4.69) is 20.8 Å². The van der Waals surface area contributed by atoms with E-state index in [1.807, 2.05) is 31.2 Å². The summed E-state index contributed by atoms with van der Waals surface area (Å²) < 4.78 is 11.3. The molecule has 0 spiro atoms. The fourth-order valence-corrected chi connectivity index (χ4v) is 2.73. The average molecular weight is 314 g/mol. The van der Waals surface area contributed by atoms with Gasteiger partial charge < -0.3 is 9.47 Å². The van der Waals surface area contributed by atoms with Crippen molar-refractivity contribution in [3.63, 3.8) is 0 Å². The normalized spacial score (nSPS) is 20.0. The summed E-state index contributed by atoms with van der Waals surface area (Å²) >= 11 is 3.65. The van der Waals surface area contributed by atoms with Crippen molar-refractivity contribution < 1.29 is 9.47 Å². The van der Waals surface area contributed by atoms with Crippen molar-refractivity contribution in [1.82, 2.24) is 4.90 Å². The lowest BCUT2D eigenvalue weighted by molar-refractivity contribution is 0.226. The van der Waals surface area contributed by atoms with Crippen LogP contribution in [0.5, 0.6) is 11.5 Å². The van der Waals surface area contributed by atoms with Gasteiger partial charge in [0.2, 0.25) is 0 Å². The van der Waals surface area contributed by atoms with E-state index in [0.29, 0.717) is 18.0 Å². The second-order valence-electron chi connectivity index (χ2n) is 4.41. The number of halogens is 1. The van der Waals surface area contributed by atoms with Crippen LogP contribution in [0.4, 0.5) is 0 Å². The molecule has 0 N–H and O–H groups in total. The number of nitrogens with zero attached hydrogens (tertiary/aromatic N) is 1. The van der Waals surface area contributed by atoms with Gasteiger partial charge in [0.15, 0.2) is 11.5 Å². The highest BCUT2D eigenvalue weighted by Crippen LogP contribution is 2.26. The third-order valence-electron chi connectivity index (χ3n) is 3.03. The van der Waals surface area contributed by atoms with Crippen LogP contribution in [0.15, 0.2) is 24.3 Å². The van der Waals surface area contributed by atoms with E-state index in [-0.39, 0.29) is 0 Å². The molecule has 18 heavy (non-hydrogen) atoms. The molecule has 1 saturated heterocycles. The predicted octanol–water partition coefficient (Wildman–Crippen LogP) is 2.93. The Morgan fingerprint density at radius 3 is 2.61 bits per heavy atom. The standard InChI is InChI=1S/C14H20BrNO2/c1-2-17-13-5-3-4-6-14(13)18-10-9-16-8-7-12(15)11-16/h3-6,12H,2,7-11H2,1H3. The Labute approximate surface area is 117 Å². The lowest BCUT2D eigenvalue weighted by Gasteiger charge is -2.16. The number of para-hydroxylation sites is 2. The number of hydrogen-bond acceptors (Lipinski definition) is 3. The first-order valence-electron chi connectivity index (χ1n) is 6.50. The van der Waals surface area contributed by atoms with Crippen LogP contribution in [0.3, 0.4) is 0 Å². The molecule has 2 rings (SSSR count). The van der Waals surface area contributed by atoms with E-state index in [4.69, 9.17) is 9.47 Å². The van der Waals surface area contributed by atoms with Crippen LogP contribution in [-0.4, -0.2) is 42.6 Å². The van der Waals surface area contributed by atoms with Crippen molar-refractivity contribution in [1.29, 1.82) is 0 Å². The summed E-state index contributed by atoms with van der Waals surface area (Å²) in [5.74, 6) is 1.67. The molecule has 1 fully saturated rings. The number of benzene rings is 1. The van der Waals surface area contributed by atoms with Crippen LogP contribution < -0.4 is 9.47 Å². The molecule has 0 amide bonds. The van der Waals surface area contributed by atoms with Crippen LogP contribution in [0.2, 0.25) is 0 Å². The SMILES string of the molecule is CCOc1ccccc1OCCN1CCC(Br)C1. The van der Waals surface area contributed by atoms with Gasteiger partial charge in [-0.2, -0.15) is 0 Å². The second kappa shape index (κ2) is 7.00. The molecule has 0 radical (unpaired) electrons. The Hall–Kier alpha value is -0.740. The minimum absolute atomic E-state index is 0.646. The third kappa shape index (κ3) is 3.89. The molecule has 1 heterocycles. The van der Waals surface area contributed by atoms with Crippen molar-refractivity contribution in [3.8, 4) is 11.5 Å². The molecular weight excluding hydrogens is 294 g/mol. The summed E-state index contributed by atoms with van der Waals surface area (Å²) in [6.07, 6.45) is 1.23. The van der Waals surface area contributed by atoms with Gasteiger partial charge in [-0.15, -0.1) is 0 Å². The summed E-state index contributed by atoms with van der Waals surface area (Å²) in [5, 5.41) is 0. The third-order valence-corrected chi connectivity index (χ3v) is 3.78. The Kier molecular flexibility index (Phi) is 5.32. The summed E-state index contributed by atoms with van der Waals surface area (Å²) in [4.78, 5) is 3.07. The fraction of sp³-hybridized carbons (Fsp3) is 0.571. The second-order valence-corrected chi connectivity index (χ2v) is 5.71. The molecule has 1 aliphatic heterocycles. The highest BCUT2D eigenvalue weighted by molar-refractivity contribution is 9.09. The molecule has 0 aliphatic carbocycles. The monoisotopic (exact) mass is 313 g/mol. The van der Waals surface area contributed by atoms with Crippen molar-refractivity contribution in [2.24, 2.45) is 0 Å². The predicted molar refractivity (Wildman–Crippen MR) is 76.9 cm³/mol. The molecule has 3 nitrogen and oxygen atoms in total. The van der Waals surface area contributed by atoms with Crippen LogP contribution in [-0.2, 0) is 0 Å². The molecule has 1 aromatic rings. The van der Waals surface area contributed by atoms with Gasteiger partial charge in [0.1, 0.15) is 6.61 Å². The smallest absolute Gasteiger partial charge is 0.161 e. The van der Waals surface area contributed by atoms with Crippen molar-refractivity contribution in [2.75, 3.05) is 32.8 Å². The molecule has 100 valence electrons. The Bertz CT molecular complexity index is 373. The van der Waals surface area contributed by atoms with E-state index in [0.717, 1.165) is 31.1 Å². The van der Waals surface area contributed by atoms with E-state index < -0.39 is 0 Å². The van der Waals surface area contributed by atoms with E-state index in [1.54, 1.807) is 0 Å². The maximum Gasteiger partial charge on any atom is 0.161 e. The van der Waals surface area contributed by atoms with Crippen molar-refractivity contribution in [3.05, 3.63) is 24.3 Å². The molecule has 1 aromatic carbocycles. The highest BCUT2D eigenvalue weighted by Gasteiger charge is 2.19. The maximum absolute atomic E-state index is 5.80. The van der Waals surface area contributed by atoms with Crippen LogP contribution >= 0.6 is 15.9 Å². The van der Waals surface area contributed by atoms with Gasteiger partial charge in [0, 0.05) is 17.9 Å². The number of alkyl halides is 1. The van der Waals surface area contributed by atoms with E-state index in [9.17, 15) is 0 Å². The van der Waals surface area contributed by atoms with E-state index in [1.165, 1.54) is 6.42 Å². The summed E-state index contributed by atoms with van der Waals surface area (Å²) in [5.41, 5.74) is 0. The summed E-state index contributed by atoms with van der Waals surface area (Å²) in [6.45, 7) is 6.62. The van der Waals surface area contributed by atoms with Gasteiger partial charge in [-0.05, 0) is 32.0 Å². The lowest BCUT2D eigenvalue weighted by Crippen LogP contribution is -2.26. The average Bonchev–Trinajstić information content (AvgIpc) is 2.78. The molecule has 4 heteroatoms. The Balaban J connectivity index is 1.79. The first kappa shape index (κ1) is 13.7. The number of likely N-dealkylation sites (tertiary alicyclic amines) is 1. The quantitative estimate of drug-likeness (QED) is 0.754. The first-order valence-corrected chi connectivity index (χ1v) is 7.42. The Morgan fingerprint density at radius 2 is 2.00 bits per heavy atom. The van der Waals surface area contributed by atoms with Gasteiger partial charge >= 0.3 is 0 Å². The Morgan fingerprint density at radius 1 is 1.28 bits per heavy atom. The molecule has 1 unspecified atom stereocenters. The lowest BCUT2D eigenvalue weighted by atomic mass is 10.3. The molecule has 0 saturated carbocycles. The molecular formula is C14H20BrNO2. The number of ether oxygens (including phenoxy) is 2. The van der Waals surface area contributed by atoms with Crippen LogP contribution in [0.25, 0.3) is 0 Å². The largest absolute Gasteiger partial charge is 0.490 e. The molecule has 1 aliphatic rings. The number of hydrogen-bond donors (Lipinski definition) is 0. The van der Waals surface area contributed by atoms with E-state index >= 15 is 0 Å². The minimum atomic E-state index is 0.646. The minimum Gasteiger partial charge on any atom is -0.490 e. The number of rotatable bonds is 6. The first-order chi connectivity index (χ1) is 8.79. The van der Waals surface area contributed by atoms with Crippen LogP contribution in [0, 0.1) is 0 Å². The maximum atomic E-state index is 5.80. The van der Waals surface area contributed by atoms with Gasteiger partial charge in [0.05, 0.1) is 6.61 Å². The summed E-state index contributed by atoms with van der Waals surface area (Å²) in [6, 6.07) is 7.85. The zero-order chi connectivity index (χ0) is 12.8.